The molecule has 0 atom stereocenters. The van der Waals surface area contributed by atoms with Crippen LogP contribution in [0.2, 0.25) is 0 Å². The average molecular weight is 251 g/mol. The maximum absolute atomic E-state index is 9.86. The third-order valence-corrected chi connectivity index (χ3v) is 2.98. The summed E-state index contributed by atoms with van der Waals surface area (Å²) in [6, 6.07) is 13.1. The molecule has 0 saturated heterocycles. The van der Waals surface area contributed by atoms with Crippen molar-refractivity contribution in [1.82, 2.24) is 15.0 Å². The Labute approximate surface area is 110 Å². The lowest BCUT2D eigenvalue weighted by atomic mass is 10.1. The highest BCUT2D eigenvalue weighted by Crippen LogP contribution is 2.20. The van der Waals surface area contributed by atoms with Gasteiger partial charge >= 0.3 is 0 Å². The summed E-state index contributed by atoms with van der Waals surface area (Å²) in [5.41, 5.74) is 3.44. The van der Waals surface area contributed by atoms with Crippen LogP contribution in [0.25, 0.3) is 17.1 Å². The van der Waals surface area contributed by atoms with Gasteiger partial charge in [-0.3, -0.25) is 0 Å². The molecule has 0 aliphatic rings. The molecule has 1 aromatic heterocycles. The molecule has 0 radical (unpaired) electrons. The molecule has 94 valence electrons. The topological polar surface area (TPSA) is 50.9 Å². The highest BCUT2D eigenvalue weighted by molar-refractivity contribution is 5.73. The molecule has 2 aromatic carbocycles. The molecule has 4 nitrogen and oxygen atoms in total. The van der Waals surface area contributed by atoms with Gasteiger partial charge in [0.2, 0.25) is 0 Å². The van der Waals surface area contributed by atoms with Crippen LogP contribution in [0.3, 0.4) is 0 Å². The number of aromatic hydroxyl groups is 1. The van der Waals surface area contributed by atoms with Crippen molar-refractivity contribution in [3.63, 3.8) is 0 Å². The lowest BCUT2D eigenvalue weighted by molar-refractivity contribution is 0.460. The summed E-state index contributed by atoms with van der Waals surface area (Å²) in [5, 5.41) is 18.6. The summed E-state index contributed by atoms with van der Waals surface area (Å²) < 4.78 is 0. The normalized spacial score (nSPS) is 10.7. The van der Waals surface area contributed by atoms with Crippen molar-refractivity contribution < 1.29 is 5.11 Å². The quantitative estimate of drug-likeness (QED) is 0.778. The number of phenols is 1. The third kappa shape index (κ3) is 2.20. The average Bonchev–Trinajstić information content (AvgIpc) is 2.83. The fourth-order valence-corrected chi connectivity index (χ4v) is 1.99. The zero-order chi connectivity index (χ0) is 13.2. The molecule has 4 heteroatoms. The molecule has 0 fully saturated rings. The molecular weight excluding hydrogens is 238 g/mol. The number of rotatable bonds is 3. The van der Waals surface area contributed by atoms with E-state index in [0.717, 1.165) is 22.2 Å². The number of fused-ring (bicyclic) bond motifs is 1. The summed E-state index contributed by atoms with van der Waals surface area (Å²) >= 11 is 0. The molecular formula is C15H13N3O. The summed E-state index contributed by atoms with van der Waals surface area (Å²) in [5.74, 6) is 0.243. The van der Waals surface area contributed by atoms with E-state index in [-0.39, 0.29) is 5.75 Å². The minimum atomic E-state index is 0.243. The number of benzene rings is 2. The van der Waals surface area contributed by atoms with Crippen LogP contribution < -0.4 is 0 Å². The van der Waals surface area contributed by atoms with Crippen molar-refractivity contribution in [2.24, 2.45) is 0 Å². The van der Waals surface area contributed by atoms with Gasteiger partial charge in [0.25, 0.3) is 0 Å². The van der Waals surface area contributed by atoms with Crippen LogP contribution in [0.15, 0.2) is 49.0 Å². The van der Waals surface area contributed by atoms with Crippen molar-refractivity contribution in [2.45, 2.75) is 6.54 Å². The van der Waals surface area contributed by atoms with E-state index in [9.17, 15) is 5.11 Å². The molecule has 0 bridgehead atoms. The smallest absolute Gasteiger partial charge is 0.120 e. The summed E-state index contributed by atoms with van der Waals surface area (Å²) in [6.07, 6.45) is 1.75. The van der Waals surface area contributed by atoms with E-state index in [1.54, 1.807) is 16.9 Å². The van der Waals surface area contributed by atoms with Crippen LogP contribution in [0.1, 0.15) is 11.1 Å². The van der Waals surface area contributed by atoms with Crippen molar-refractivity contribution >= 4 is 17.1 Å². The Morgan fingerprint density at radius 3 is 2.42 bits per heavy atom. The van der Waals surface area contributed by atoms with Crippen molar-refractivity contribution in [3.8, 4) is 5.75 Å². The number of phenolic OH excluding ortho intramolecular Hbond substituents is 1. The maximum atomic E-state index is 9.86. The van der Waals surface area contributed by atoms with E-state index < -0.39 is 0 Å². The van der Waals surface area contributed by atoms with Crippen LogP contribution >= 0.6 is 0 Å². The van der Waals surface area contributed by atoms with Crippen LogP contribution in [0, 0.1) is 0 Å². The largest absolute Gasteiger partial charge is 0.508 e. The Morgan fingerprint density at radius 2 is 1.79 bits per heavy atom. The Hall–Kier alpha value is -2.62. The Morgan fingerprint density at radius 1 is 1.11 bits per heavy atom. The molecule has 0 unspecified atom stereocenters. The summed E-state index contributed by atoms with van der Waals surface area (Å²) in [7, 11) is 0. The molecule has 0 aliphatic carbocycles. The van der Waals surface area contributed by atoms with Gasteiger partial charge in [0.15, 0.2) is 0 Å². The van der Waals surface area contributed by atoms with Crippen LogP contribution in [-0.4, -0.2) is 20.1 Å². The zero-order valence-electron chi connectivity index (χ0n) is 10.3. The van der Waals surface area contributed by atoms with E-state index >= 15 is 0 Å². The maximum Gasteiger partial charge on any atom is 0.120 e. The Bertz CT molecular complexity index is 713. The number of hydrogen-bond acceptors (Lipinski definition) is 3. The monoisotopic (exact) mass is 251 g/mol. The highest BCUT2D eigenvalue weighted by atomic mass is 16.3. The lowest BCUT2D eigenvalue weighted by Gasteiger charge is -2.05. The lowest BCUT2D eigenvalue weighted by Crippen LogP contribution is -2.04. The first-order chi connectivity index (χ1) is 9.26. The van der Waals surface area contributed by atoms with E-state index in [4.69, 9.17) is 0 Å². The molecule has 3 rings (SSSR count). The standard InChI is InChI=1S/C15H13N3O/c1-2-11-7-8-15(19)12(9-11)10-18-16-13-5-3-4-6-14(13)17-18/h2-9,19H,1,10H2. The molecule has 1 heterocycles. The van der Waals surface area contributed by atoms with Crippen LogP contribution in [-0.2, 0) is 6.54 Å². The second kappa shape index (κ2) is 4.57. The molecule has 1 N–H and O–H groups in total. The second-order valence-corrected chi connectivity index (χ2v) is 4.31. The van der Waals surface area contributed by atoms with Crippen molar-refractivity contribution in [2.75, 3.05) is 0 Å². The van der Waals surface area contributed by atoms with Gasteiger partial charge in [0.1, 0.15) is 16.8 Å². The van der Waals surface area contributed by atoms with Crippen LogP contribution in [0.4, 0.5) is 0 Å². The van der Waals surface area contributed by atoms with E-state index in [1.165, 1.54) is 0 Å². The van der Waals surface area contributed by atoms with E-state index in [0.29, 0.717) is 6.54 Å². The molecule has 0 spiro atoms. The molecule has 3 aromatic rings. The predicted octanol–water partition coefficient (Wildman–Crippen LogP) is 2.83. The van der Waals surface area contributed by atoms with Gasteiger partial charge in [-0.15, -0.1) is 0 Å². The SMILES string of the molecule is C=Cc1ccc(O)c(Cn2nc3ccccc3n2)c1. The van der Waals surface area contributed by atoms with E-state index in [2.05, 4.69) is 16.8 Å². The first kappa shape index (κ1) is 11.5. The van der Waals surface area contributed by atoms with Crippen molar-refractivity contribution in [3.05, 3.63) is 60.2 Å². The van der Waals surface area contributed by atoms with Gasteiger partial charge < -0.3 is 5.11 Å². The summed E-state index contributed by atoms with van der Waals surface area (Å²) in [4.78, 5) is 1.59. The van der Waals surface area contributed by atoms with Gasteiger partial charge in [0, 0.05) is 5.56 Å². The van der Waals surface area contributed by atoms with Gasteiger partial charge in [-0.25, -0.2) is 0 Å². The zero-order valence-corrected chi connectivity index (χ0v) is 10.3. The van der Waals surface area contributed by atoms with Gasteiger partial charge in [-0.2, -0.15) is 15.0 Å². The summed E-state index contributed by atoms with van der Waals surface area (Å²) in [6.45, 7) is 4.16. The first-order valence-electron chi connectivity index (χ1n) is 6.00. The Kier molecular flexibility index (Phi) is 2.76. The van der Waals surface area contributed by atoms with Gasteiger partial charge in [-0.05, 0) is 29.8 Å². The van der Waals surface area contributed by atoms with Gasteiger partial charge in [0.05, 0.1) is 6.54 Å². The fourth-order valence-electron chi connectivity index (χ4n) is 1.99. The van der Waals surface area contributed by atoms with Gasteiger partial charge in [-0.1, -0.05) is 30.9 Å². The van der Waals surface area contributed by atoms with E-state index in [1.807, 2.05) is 36.4 Å². The molecule has 0 saturated carbocycles. The number of hydrogen-bond donors (Lipinski definition) is 1. The predicted molar refractivity (Wildman–Crippen MR) is 74.8 cm³/mol. The second-order valence-electron chi connectivity index (χ2n) is 4.31. The number of nitrogens with zero attached hydrogens (tertiary/aromatic N) is 3. The van der Waals surface area contributed by atoms with Crippen molar-refractivity contribution in [1.29, 1.82) is 0 Å². The minimum absolute atomic E-state index is 0.243. The third-order valence-electron chi connectivity index (χ3n) is 2.98. The fraction of sp³-hybridized carbons (Fsp3) is 0.0667. The first-order valence-corrected chi connectivity index (χ1v) is 6.00. The molecule has 0 aliphatic heterocycles. The highest BCUT2D eigenvalue weighted by Gasteiger charge is 2.06. The minimum Gasteiger partial charge on any atom is -0.508 e. The Balaban J connectivity index is 1.98. The molecule has 0 amide bonds. The van der Waals surface area contributed by atoms with Crippen LogP contribution in [0.5, 0.6) is 5.75 Å². The molecule has 19 heavy (non-hydrogen) atoms. The number of aromatic nitrogens is 3.